The third-order valence-electron chi connectivity index (χ3n) is 5.44. The van der Waals surface area contributed by atoms with Crippen molar-refractivity contribution in [2.24, 2.45) is 0 Å². The summed E-state index contributed by atoms with van der Waals surface area (Å²) in [6.45, 7) is 1.94. The summed E-state index contributed by atoms with van der Waals surface area (Å²) in [4.78, 5) is 13.9. The fraction of sp³-hybridized carbons (Fsp3) is 0.269. The number of hydrogen-bond donors (Lipinski definition) is 1. The maximum atomic E-state index is 13.5. The van der Waals surface area contributed by atoms with Gasteiger partial charge in [-0.2, -0.15) is 0 Å². The van der Waals surface area contributed by atoms with Crippen molar-refractivity contribution in [1.29, 1.82) is 0 Å². The molecule has 0 radical (unpaired) electrons. The Kier molecular flexibility index (Phi) is 9.06. The lowest BCUT2D eigenvalue weighted by molar-refractivity contribution is -0.119. The summed E-state index contributed by atoms with van der Waals surface area (Å²) in [6.07, 6.45) is 2.48. The number of methoxy groups -OCH3 is 2. The minimum Gasteiger partial charge on any atom is -0.493 e. The smallest absolute Gasteiger partial charge is 0.264 e. The fourth-order valence-corrected chi connectivity index (χ4v) is 5.30. The van der Waals surface area contributed by atoms with Gasteiger partial charge in [0.2, 0.25) is 5.91 Å². The largest absolute Gasteiger partial charge is 0.493 e. The third-order valence-corrected chi connectivity index (χ3v) is 7.97. The van der Waals surface area contributed by atoms with Crippen LogP contribution >= 0.6 is 11.8 Å². The average Bonchev–Trinajstić information content (AvgIpc) is 2.87. The lowest BCUT2D eigenvalue weighted by Crippen LogP contribution is -2.41. The van der Waals surface area contributed by atoms with Gasteiger partial charge in [0.15, 0.2) is 11.5 Å². The van der Waals surface area contributed by atoms with Gasteiger partial charge >= 0.3 is 0 Å². The Hall–Kier alpha value is -3.17. The van der Waals surface area contributed by atoms with E-state index in [-0.39, 0.29) is 11.4 Å². The Bertz CT molecular complexity index is 1240. The first-order valence-corrected chi connectivity index (χ1v) is 13.7. The maximum absolute atomic E-state index is 13.5. The molecule has 186 valence electrons. The number of carbonyl (C=O) groups excluding carboxylic acids is 1. The van der Waals surface area contributed by atoms with Crippen LogP contribution in [-0.2, 0) is 21.2 Å². The summed E-state index contributed by atoms with van der Waals surface area (Å²) in [6, 6.07) is 19.3. The molecule has 3 rings (SSSR count). The second-order valence-electron chi connectivity index (χ2n) is 7.81. The van der Waals surface area contributed by atoms with Crippen molar-refractivity contribution in [1.82, 2.24) is 5.32 Å². The maximum Gasteiger partial charge on any atom is 0.264 e. The SMILES string of the molecule is COc1ccc(CCNC(=O)CN(c2ccc(C)cc2)S(=O)(=O)c2ccc(SC)cc2)cc1OC. The van der Waals surface area contributed by atoms with Gasteiger partial charge < -0.3 is 14.8 Å². The molecule has 3 aromatic carbocycles. The highest BCUT2D eigenvalue weighted by Gasteiger charge is 2.27. The summed E-state index contributed by atoms with van der Waals surface area (Å²) in [5.41, 5.74) is 2.38. The lowest BCUT2D eigenvalue weighted by Gasteiger charge is -2.24. The number of hydrogen-bond acceptors (Lipinski definition) is 6. The number of amides is 1. The van der Waals surface area contributed by atoms with Crippen LogP contribution in [0.5, 0.6) is 11.5 Å². The molecule has 0 saturated carbocycles. The number of ether oxygens (including phenoxy) is 2. The van der Waals surface area contributed by atoms with Gasteiger partial charge in [0.25, 0.3) is 10.0 Å². The summed E-state index contributed by atoms with van der Waals surface area (Å²) in [7, 11) is -0.808. The van der Waals surface area contributed by atoms with Crippen LogP contribution < -0.4 is 19.1 Å². The van der Waals surface area contributed by atoms with Crippen molar-refractivity contribution in [3.63, 3.8) is 0 Å². The number of nitrogens with one attached hydrogen (secondary N) is 1. The van der Waals surface area contributed by atoms with Crippen LogP contribution in [0, 0.1) is 6.92 Å². The normalized spacial score (nSPS) is 11.1. The zero-order valence-corrected chi connectivity index (χ0v) is 21.9. The molecule has 1 amide bonds. The van der Waals surface area contributed by atoms with Gasteiger partial charge in [-0.3, -0.25) is 9.10 Å². The molecule has 0 fully saturated rings. The lowest BCUT2D eigenvalue weighted by atomic mass is 10.1. The fourth-order valence-electron chi connectivity index (χ4n) is 3.47. The van der Waals surface area contributed by atoms with Gasteiger partial charge in [0.05, 0.1) is 24.8 Å². The molecule has 9 heteroatoms. The molecule has 0 bridgehead atoms. The Labute approximate surface area is 211 Å². The topological polar surface area (TPSA) is 84.9 Å². The molecule has 0 aliphatic heterocycles. The zero-order valence-electron chi connectivity index (χ0n) is 20.3. The summed E-state index contributed by atoms with van der Waals surface area (Å²) < 4.78 is 38.7. The first-order chi connectivity index (χ1) is 16.8. The Morgan fingerprint density at radius 2 is 1.60 bits per heavy atom. The standard InChI is InChI=1S/C26H30N2O5S2/c1-19-5-8-21(9-6-19)28(35(30,31)23-12-10-22(34-4)11-13-23)18-26(29)27-16-15-20-7-14-24(32-2)25(17-20)33-3/h5-14,17H,15-16,18H2,1-4H3,(H,27,29). The molecule has 0 unspecified atom stereocenters. The highest BCUT2D eigenvalue weighted by molar-refractivity contribution is 7.98. The van der Waals surface area contributed by atoms with E-state index >= 15 is 0 Å². The number of thioether (sulfide) groups is 1. The van der Waals surface area contributed by atoms with Crippen molar-refractivity contribution in [2.75, 3.05) is 37.9 Å². The van der Waals surface area contributed by atoms with Gasteiger partial charge in [-0.1, -0.05) is 23.8 Å². The van der Waals surface area contributed by atoms with Crippen molar-refractivity contribution in [3.05, 3.63) is 77.9 Å². The van der Waals surface area contributed by atoms with E-state index in [0.717, 1.165) is 20.3 Å². The van der Waals surface area contributed by atoms with Gasteiger partial charge in [0, 0.05) is 11.4 Å². The van der Waals surface area contributed by atoms with E-state index < -0.39 is 15.9 Å². The van der Waals surface area contributed by atoms with E-state index in [1.165, 1.54) is 11.8 Å². The average molecular weight is 515 g/mol. The van der Waals surface area contributed by atoms with Crippen LogP contribution in [0.3, 0.4) is 0 Å². The van der Waals surface area contributed by atoms with Crippen molar-refractivity contribution >= 4 is 33.4 Å². The summed E-state index contributed by atoms with van der Waals surface area (Å²) >= 11 is 1.53. The zero-order chi connectivity index (χ0) is 25.4. The molecule has 0 heterocycles. The molecule has 7 nitrogen and oxygen atoms in total. The van der Waals surface area contributed by atoms with Crippen LogP contribution in [0.4, 0.5) is 5.69 Å². The number of rotatable bonds is 11. The molecular formula is C26H30N2O5S2. The van der Waals surface area contributed by atoms with Gasteiger partial charge in [-0.15, -0.1) is 11.8 Å². The monoisotopic (exact) mass is 514 g/mol. The van der Waals surface area contributed by atoms with Gasteiger partial charge in [-0.05, 0) is 73.7 Å². The van der Waals surface area contributed by atoms with E-state index in [1.54, 1.807) is 50.6 Å². The van der Waals surface area contributed by atoms with E-state index in [4.69, 9.17) is 9.47 Å². The predicted octanol–water partition coefficient (Wildman–Crippen LogP) is 4.29. The Balaban J connectivity index is 1.75. The molecular weight excluding hydrogens is 484 g/mol. The van der Waals surface area contributed by atoms with Crippen LogP contribution in [0.15, 0.2) is 76.5 Å². The second kappa shape index (κ2) is 12.0. The number of carbonyl (C=O) groups is 1. The second-order valence-corrected chi connectivity index (χ2v) is 10.6. The highest BCUT2D eigenvalue weighted by Crippen LogP contribution is 2.28. The molecule has 0 saturated heterocycles. The molecule has 0 atom stereocenters. The van der Waals surface area contributed by atoms with E-state index in [0.29, 0.717) is 30.2 Å². The van der Waals surface area contributed by atoms with E-state index in [2.05, 4.69) is 5.32 Å². The van der Waals surface area contributed by atoms with Crippen LogP contribution in [0.2, 0.25) is 0 Å². The van der Waals surface area contributed by atoms with E-state index in [9.17, 15) is 13.2 Å². The number of aryl methyl sites for hydroxylation is 1. The molecule has 1 N–H and O–H groups in total. The van der Waals surface area contributed by atoms with Crippen molar-refractivity contribution in [2.45, 2.75) is 23.1 Å². The number of sulfonamides is 1. The predicted molar refractivity (Wildman–Crippen MR) is 140 cm³/mol. The van der Waals surface area contributed by atoms with Gasteiger partial charge in [0.1, 0.15) is 6.54 Å². The molecule has 0 aliphatic carbocycles. The summed E-state index contributed by atoms with van der Waals surface area (Å²) in [5.74, 6) is 0.848. The molecule has 0 spiro atoms. The quantitative estimate of drug-likeness (QED) is 0.385. The van der Waals surface area contributed by atoms with Crippen molar-refractivity contribution < 1.29 is 22.7 Å². The number of anilines is 1. The van der Waals surface area contributed by atoms with Crippen LogP contribution in [0.25, 0.3) is 0 Å². The highest BCUT2D eigenvalue weighted by atomic mass is 32.2. The molecule has 3 aromatic rings. The first-order valence-electron chi connectivity index (χ1n) is 11.0. The third kappa shape index (κ3) is 6.70. The van der Waals surface area contributed by atoms with Gasteiger partial charge in [-0.25, -0.2) is 8.42 Å². The van der Waals surface area contributed by atoms with Crippen LogP contribution in [-0.4, -0.2) is 47.9 Å². The minimum absolute atomic E-state index is 0.133. The number of benzene rings is 3. The minimum atomic E-state index is -3.95. The number of nitrogens with zero attached hydrogens (tertiary/aromatic N) is 1. The van der Waals surface area contributed by atoms with Crippen LogP contribution in [0.1, 0.15) is 11.1 Å². The Morgan fingerprint density at radius 1 is 0.943 bits per heavy atom. The Morgan fingerprint density at radius 3 is 2.20 bits per heavy atom. The van der Waals surface area contributed by atoms with Crippen molar-refractivity contribution in [3.8, 4) is 11.5 Å². The molecule has 0 aliphatic rings. The molecule has 35 heavy (non-hydrogen) atoms. The first kappa shape index (κ1) is 26.4. The summed E-state index contributed by atoms with van der Waals surface area (Å²) in [5, 5.41) is 2.83. The van der Waals surface area contributed by atoms with E-state index in [1.807, 2.05) is 43.5 Å². The molecule has 0 aromatic heterocycles.